The van der Waals surface area contributed by atoms with E-state index < -0.39 is 9.05 Å². The maximum absolute atomic E-state index is 10.7. The maximum atomic E-state index is 10.7. The molecule has 0 fully saturated rings. The lowest BCUT2D eigenvalue weighted by molar-refractivity contribution is 0.271. The molecule has 0 saturated heterocycles. The van der Waals surface area contributed by atoms with Crippen LogP contribution in [0.15, 0.2) is 28.5 Å². The van der Waals surface area contributed by atoms with Crippen LogP contribution in [0.25, 0.3) is 0 Å². The topological polar surface area (TPSA) is 55.7 Å². The first-order valence-corrected chi connectivity index (χ1v) is 4.92. The summed E-state index contributed by atoms with van der Waals surface area (Å²) in [7, 11) is 1.31. The summed E-state index contributed by atoms with van der Waals surface area (Å²) in [5.41, 5.74) is 0. The van der Waals surface area contributed by atoms with Gasteiger partial charge < -0.3 is 4.84 Å². The van der Waals surface area contributed by atoms with E-state index in [4.69, 9.17) is 10.7 Å². The number of nitrogens with zero attached hydrogens (tertiary/aromatic N) is 1. The average Bonchev–Trinajstić information content (AvgIpc) is 2.10. The Morgan fingerprint density at radius 1 is 1.55 bits per heavy atom. The lowest BCUT2D eigenvalue weighted by Gasteiger charge is -1.89. The Morgan fingerprint density at radius 3 is 2.91 bits per heavy atom. The summed E-state index contributed by atoms with van der Waals surface area (Å²) in [6.07, 6.45) is 4.95. The molecule has 0 aromatic heterocycles. The van der Waals surface area contributed by atoms with Crippen LogP contribution in [-0.4, -0.2) is 14.6 Å². The van der Waals surface area contributed by atoms with Gasteiger partial charge in [0.05, 0.1) is 6.21 Å². The molecule has 1 aliphatic rings. The van der Waals surface area contributed by atoms with Crippen molar-refractivity contribution in [2.75, 3.05) is 0 Å². The molecule has 11 heavy (non-hydrogen) atoms. The van der Waals surface area contributed by atoms with Crippen LogP contribution in [0.3, 0.4) is 0 Å². The second kappa shape index (κ2) is 3.06. The zero-order valence-corrected chi connectivity index (χ0v) is 6.84. The molecule has 1 aliphatic heterocycles. The Bertz CT molecular complexity index is 328. The minimum atomic E-state index is -3.70. The lowest BCUT2D eigenvalue weighted by atomic mass is 10.5. The molecule has 0 saturated carbocycles. The maximum Gasteiger partial charge on any atom is 0.262 e. The molecule has 1 rings (SSSR count). The van der Waals surface area contributed by atoms with Gasteiger partial charge in [0.25, 0.3) is 9.05 Å². The largest absolute Gasteiger partial charge is 0.365 e. The first kappa shape index (κ1) is 8.29. The Labute approximate surface area is 68.2 Å². The molecule has 0 aromatic carbocycles. The highest BCUT2D eigenvalue weighted by molar-refractivity contribution is 8.17. The van der Waals surface area contributed by atoms with E-state index in [1.165, 1.54) is 18.4 Å². The predicted molar refractivity (Wildman–Crippen MR) is 41.6 cm³/mol. The van der Waals surface area contributed by atoms with Crippen molar-refractivity contribution in [3.05, 3.63) is 23.3 Å². The average molecular weight is 194 g/mol. The van der Waals surface area contributed by atoms with E-state index in [1.54, 1.807) is 0 Å². The summed E-state index contributed by atoms with van der Waals surface area (Å²) < 4.78 is 21.3. The summed E-state index contributed by atoms with van der Waals surface area (Å²) in [4.78, 5) is 4.34. The first-order valence-electron chi connectivity index (χ1n) is 2.61. The zero-order chi connectivity index (χ0) is 8.32. The number of hydrogen-bond acceptors (Lipinski definition) is 4. The smallest absolute Gasteiger partial charge is 0.262 e. The van der Waals surface area contributed by atoms with Crippen molar-refractivity contribution in [3.63, 3.8) is 0 Å². The highest BCUT2D eigenvalue weighted by atomic mass is 35.7. The molecule has 0 amide bonds. The standard InChI is InChI=1S/C5H4ClNO3S/c6-11(8,9)5-2-1-3-10-7-4-5/h1-4H. The van der Waals surface area contributed by atoms with Crippen molar-refractivity contribution in [1.29, 1.82) is 0 Å². The molecule has 4 nitrogen and oxygen atoms in total. The molecule has 0 bridgehead atoms. The molecule has 0 aromatic rings. The lowest BCUT2D eigenvalue weighted by Crippen LogP contribution is -1.95. The van der Waals surface area contributed by atoms with Crippen molar-refractivity contribution < 1.29 is 13.3 Å². The Balaban J connectivity index is 3.05. The Morgan fingerprint density at radius 2 is 2.27 bits per heavy atom. The molecule has 60 valence electrons. The number of rotatable bonds is 1. The van der Waals surface area contributed by atoms with Crippen LogP contribution in [0.1, 0.15) is 0 Å². The molecular weight excluding hydrogens is 190 g/mol. The third kappa shape index (κ3) is 2.36. The summed E-state index contributed by atoms with van der Waals surface area (Å²) >= 11 is 0. The van der Waals surface area contributed by atoms with Gasteiger partial charge in [-0.25, -0.2) is 8.42 Å². The number of halogens is 1. The number of allylic oxidation sites excluding steroid dienone is 3. The molecule has 6 heteroatoms. The van der Waals surface area contributed by atoms with E-state index in [-0.39, 0.29) is 4.91 Å². The van der Waals surface area contributed by atoms with Gasteiger partial charge in [0, 0.05) is 10.7 Å². The zero-order valence-electron chi connectivity index (χ0n) is 5.27. The summed E-state index contributed by atoms with van der Waals surface area (Å²) in [5, 5.41) is 3.28. The molecule has 0 aliphatic carbocycles. The molecule has 0 atom stereocenters. The molecule has 0 radical (unpaired) electrons. The Hall–Kier alpha value is -0.810. The van der Waals surface area contributed by atoms with Gasteiger partial charge >= 0.3 is 0 Å². The predicted octanol–water partition coefficient (Wildman–Crippen LogP) is 0.969. The van der Waals surface area contributed by atoms with Gasteiger partial charge in [0.2, 0.25) is 0 Å². The summed E-state index contributed by atoms with van der Waals surface area (Å²) in [6.45, 7) is 0. The second-order valence-electron chi connectivity index (χ2n) is 1.68. The van der Waals surface area contributed by atoms with Gasteiger partial charge in [0.1, 0.15) is 11.2 Å². The monoisotopic (exact) mass is 193 g/mol. The quantitative estimate of drug-likeness (QED) is 0.583. The minimum absolute atomic E-state index is 0.0899. The van der Waals surface area contributed by atoms with E-state index in [1.807, 2.05) is 0 Å². The summed E-state index contributed by atoms with van der Waals surface area (Å²) in [5.74, 6) is 0. The minimum Gasteiger partial charge on any atom is -0.365 e. The van der Waals surface area contributed by atoms with Crippen LogP contribution in [0.2, 0.25) is 0 Å². The van der Waals surface area contributed by atoms with Crippen molar-refractivity contribution >= 4 is 25.9 Å². The van der Waals surface area contributed by atoms with E-state index in [0.29, 0.717) is 0 Å². The fourth-order valence-electron chi connectivity index (χ4n) is 0.474. The highest BCUT2D eigenvalue weighted by Gasteiger charge is 2.11. The fraction of sp³-hybridized carbons (Fsp3) is 0. The van der Waals surface area contributed by atoms with Gasteiger partial charge in [-0.15, -0.1) is 0 Å². The van der Waals surface area contributed by atoms with Gasteiger partial charge in [-0.1, -0.05) is 5.16 Å². The Kier molecular flexibility index (Phi) is 2.31. The molecule has 1 heterocycles. The van der Waals surface area contributed by atoms with E-state index in [9.17, 15) is 8.42 Å². The number of hydrogen-bond donors (Lipinski definition) is 0. The van der Waals surface area contributed by atoms with Crippen molar-refractivity contribution in [1.82, 2.24) is 0 Å². The van der Waals surface area contributed by atoms with Crippen LogP contribution in [0, 0.1) is 0 Å². The van der Waals surface area contributed by atoms with Gasteiger partial charge in [-0.2, -0.15) is 0 Å². The first-order chi connectivity index (χ1) is 5.11. The third-order valence-electron chi connectivity index (χ3n) is 0.922. The third-order valence-corrected chi connectivity index (χ3v) is 2.26. The van der Waals surface area contributed by atoms with Gasteiger partial charge in [-0.3, -0.25) is 0 Å². The van der Waals surface area contributed by atoms with E-state index >= 15 is 0 Å². The molecule has 0 unspecified atom stereocenters. The van der Waals surface area contributed by atoms with E-state index in [2.05, 4.69) is 9.99 Å². The highest BCUT2D eigenvalue weighted by Crippen LogP contribution is 2.11. The van der Waals surface area contributed by atoms with Crippen LogP contribution in [0.5, 0.6) is 0 Å². The molecule has 0 N–H and O–H groups in total. The fourth-order valence-corrected chi connectivity index (χ4v) is 1.16. The van der Waals surface area contributed by atoms with Gasteiger partial charge in [0.15, 0.2) is 0 Å². The van der Waals surface area contributed by atoms with Crippen molar-refractivity contribution in [2.45, 2.75) is 0 Å². The molecule has 0 spiro atoms. The number of oxime groups is 1. The SMILES string of the molecule is O=S(=O)(Cl)C1=CC=CON=C1. The van der Waals surface area contributed by atoms with Crippen LogP contribution < -0.4 is 0 Å². The van der Waals surface area contributed by atoms with Gasteiger partial charge in [-0.05, 0) is 12.2 Å². The van der Waals surface area contributed by atoms with Crippen molar-refractivity contribution in [2.24, 2.45) is 5.16 Å². The van der Waals surface area contributed by atoms with E-state index in [0.717, 1.165) is 6.21 Å². The van der Waals surface area contributed by atoms with Crippen molar-refractivity contribution in [3.8, 4) is 0 Å². The van der Waals surface area contributed by atoms with Crippen LogP contribution >= 0.6 is 10.7 Å². The molecular formula is C5H4ClNO3S. The normalized spacial score (nSPS) is 17.0. The second-order valence-corrected chi connectivity index (χ2v) is 4.24. The summed E-state index contributed by atoms with van der Waals surface area (Å²) in [6, 6.07) is 0. The van der Waals surface area contributed by atoms with Crippen LogP contribution in [0.4, 0.5) is 0 Å². The van der Waals surface area contributed by atoms with Crippen LogP contribution in [-0.2, 0) is 13.9 Å².